The Morgan fingerprint density at radius 1 is 0.550 bits per heavy atom. The summed E-state index contributed by atoms with van der Waals surface area (Å²) in [6, 6.07) is 39.2. The molecule has 4 aromatic heterocycles. The predicted molar refractivity (Wildman–Crippen MR) is 164 cm³/mol. The molecule has 0 unspecified atom stereocenters. The van der Waals surface area contributed by atoms with Gasteiger partial charge in [0.05, 0.1) is 39.5 Å². The fourth-order valence-electron chi connectivity index (χ4n) is 5.28. The van der Waals surface area contributed by atoms with Gasteiger partial charge in [0.2, 0.25) is 0 Å². The summed E-state index contributed by atoms with van der Waals surface area (Å²) < 4.78 is 4.75. The molecule has 4 aromatic carbocycles. The number of benzene rings is 4. The number of hydrogen-bond donors (Lipinski definition) is 0. The quantitative estimate of drug-likeness (QED) is 0.228. The number of nitrogens with zero attached hydrogens (tertiary/aromatic N) is 5. The van der Waals surface area contributed by atoms with Gasteiger partial charge in [-0.05, 0) is 18.2 Å². The van der Waals surface area contributed by atoms with E-state index in [4.69, 9.17) is 19.9 Å². The molecule has 0 fully saturated rings. The lowest BCUT2D eigenvalue weighted by Gasteiger charge is -2.10. The fourth-order valence-corrected chi connectivity index (χ4v) is 6.50. The van der Waals surface area contributed by atoms with Gasteiger partial charge in [-0.3, -0.25) is 4.57 Å². The van der Waals surface area contributed by atoms with Crippen LogP contribution in [0.3, 0.4) is 0 Å². The molecule has 0 saturated heterocycles. The van der Waals surface area contributed by atoms with E-state index >= 15 is 0 Å². The first-order valence-corrected chi connectivity index (χ1v) is 13.9. The van der Waals surface area contributed by atoms with Crippen LogP contribution in [0, 0.1) is 0 Å². The molecule has 0 radical (unpaired) electrons. The maximum Gasteiger partial charge on any atom is 0.160 e. The van der Waals surface area contributed by atoms with Crippen molar-refractivity contribution < 1.29 is 0 Å². The normalized spacial score (nSPS) is 11.5. The summed E-state index contributed by atoms with van der Waals surface area (Å²) in [6.45, 7) is 0. The first-order valence-electron chi connectivity index (χ1n) is 13.1. The standard InChI is InChI=1S/C34H21N5S/c1-3-11-22(12-4-1)26-19-27(38-34(37-26)23-13-5-2-6-14-23)28-20-36-31(21-35-28)39-29-17-9-7-15-24(29)33-32(39)25-16-8-10-18-30(25)40-33/h1-21H. The van der Waals surface area contributed by atoms with Crippen molar-refractivity contribution in [2.45, 2.75) is 0 Å². The highest BCUT2D eigenvalue weighted by molar-refractivity contribution is 7.26. The zero-order valence-corrected chi connectivity index (χ0v) is 22.1. The van der Waals surface area contributed by atoms with E-state index in [0.29, 0.717) is 11.5 Å². The molecule has 40 heavy (non-hydrogen) atoms. The van der Waals surface area contributed by atoms with Crippen LogP contribution in [0.4, 0.5) is 0 Å². The van der Waals surface area contributed by atoms with Crippen LogP contribution in [0.5, 0.6) is 0 Å². The third-order valence-corrected chi connectivity index (χ3v) is 8.33. The van der Waals surface area contributed by atoms with Gasteiger partial charge >= 0.3 is 0 Å². The molecule has 0 amide bonds. The number of para-hydroxylation sites is 1. The Balaban J connectivity index is 1.29. The van der Waals surface area contributed by atoms with E-state index < -0.39 is 0 Å². The smallest absolute Gasteiger partial charge is 0.160 e. The van der Waals surface area contributed by atoms with E-state index in [0.717, 1.165) is 33.8 Å². The fraction of sp³-hybridized carbons (Fsp3) is 0. The highest BCUT2D eigenvalue weighted by atomic mass is 32.1. The zero-order valence-electron chi connectivity index (χ0n) is 21.3. The van der Waals surface area contributed by atoms with Crippen molar-refractivity contribution in [3.8, 4) is 39.9 Å². The predicted octanol–water partition coefficient (Wildman–Crippen LogP) is 8.58. The summed E-state index contributed by atoms with van der Waals surface area (Å²) in [5.74, 6) is 1.44. The zero-order chi connectivity index (χ0) is 26.5. The third kappa shape index (κ3) is 3.69. The monoisotopic (exact) mass is 531 g/mol. The van der Waals surface area contributed by atoms with Gasteiger partial charge in [-0.25, -0.2) is 19.9 Å². The van der Waals surface area contributed by atoms with Gasteiger partial charge in [-0.15, -0.1) is 11.3 Å². The van der Waals surface area contributed by atoms with Gasteiger partial charge in [-0.2, -0.15) is 0 Å². The van der Waals surface area contributed by atoms with Gasteiger partial charge in [0.15, 0.2) is 11.6 Å². The van der Waals surface area contributed by atoms with Gasteiger partial charge < -0.3 is 0 Å². The molecule has 8 aromatic rings. The van der Waals surface area contributed by atoms with Crippen molar-refractivity contribution in [3.05, 3.63) is 128 Å². The van der Waals surface area contributed by atoms with Crippen LogP contribution in [0.25, 0.3) is 71.1 Å². The van der Waals surface area contributed by atoms with Crippen LogP contribution in [0.15, 0.2) is 128 Å². The lowest BCUT2D eigenvalue weighted by molar-refractivity contribution is 1.04. The molecule has 0 bridgehead atoms. The first-order chi connectivity index (χ1) is 19.8. The second-order valence-corrected chi connectivity index (χ2v) is 10.6. The molecule has 0 spiro atoms. The minimum absolute atomic E-state index is 0.658. The molecular weight excluding hydrogens is 510 g/mol. The molecule has 188 valence electrons. The molecule has 0 N–H and O–H groups in total. The summed E-state index contributed by atoms with van der Waals surface area (Å²) in [7, 11) is 0. The van der Waals surface area contributed by atoms with Gasteiger partial charge in [-0.1, -0.05) is 97.1 Å². The Morgan fingerprint density at radius 2 is 1.23 bits per heavy atom. The van der Waals surface area contributed by atoms with Crippen LogP contribution >= 0.6 is 11.3 Å². The topological polar surface area (TPSA) is 56.5 Å². The molecule has 0 aliphatic heterocycles. The van der Waals surface area contributed by atoms with Crippen molar-refractivity contribution in [3.63, 3.8) is 0 Å². The van der Waals surface area contributed by atoms with Crippen molar-refractivity contribution in [2.75, 3.05) is 0 Å². The summed E-state index contributed by atoms with van der Waals surface area (Å²) >= 11 is 1.82. The van der Waals surface area contributed by atoms with E-state index in [9.17, 15) is 0 Å². The van der Waals surface area contributed by atoms with E-state index in [2.05, 4.69) is 65.2 Å². The van der Waals surface area contributed by atoms with Crippen LogP contribution in [-0.4, -0.2) is 24.5 Å². The van der Waals surface area contributed by atoms with Crippen LogP contribution in [0.2, 0.25) is 0 Å². The van der Waals surface area contributed by atoms with Gasteiger partial charge in [0.25, 0.3) is 0 Å². The Bertz CT molecular complexity index is 2080. The molecule has 6 heteroatoms. The average Bonchev–Trinajstić information content (AvgIpc) is 3.57. The lowest BCUT2D eigenvalue weighted by Crippen LogP contribution is -2.01. The van der Waals surface area contributed by atoms with Crippen LogP contribution < -0.4 is 0 Å². The maximum atomic E-state index is 4.93. The number of fused-ring (bicyclic) bond motifs is 5. The van der Waals surface area contributed by atoms with Crippen LogP contribution in [0.1, 0.15) is 0 Å². The molecule has 0 aliphatic rings. The SMILES string of the molecule is c1ccc(-c2cc(-c3cnc(-n4c5ccccc5c5sc6ccccc6c54)cn3)nc(-c3ccccc3)n2)cc1. The summed E-state index contributed by atoms with van der Waals surface area (Å²) in [6.07, 6.45) is 3.66. The highest BCUT2D eigenvalue weighted by Gasteiger charge is 2.18. The number of hydrogen-bond acceptors (Lipinski definition) is 5. The van der Waals surface area contributed by atoms with Gasteiger partial charge in [0, 0.05) is 26.6 Å². The average molecular weight is 532 g/mol. The Labute approximate surface area is 234 Å². The number of aromatic nitrogens is 5. The Hall–Kier alpha value is -5.20. The minimum atomic E-state index is 0.658. The highest BCUT2D eigenvalue weighted by Crippen LogP contribution is 2.41. The largest absolute Gasteiger partial charge is 0.291 e. The Kier molecular flexibility index (Phi) is 5.24. The molecular formula is C34H21N5S. The third-order valence-electron chi connectivity index (χ3n) is 7.14. The molecule has 5 nitrogen and oxygen atoms in total. The van der Waals surface area contributed by atoms with Gasteiger partial charge in [0.1, 0.15) is 5.69 Å². The molecule has 0 atom stereocenters. The van der Waals surface area contributed by atoms with Crippen molar-refractivity contribution in [1.82, 2.24) is 24.5 Å². The summed E-state index contributed by atoms with van der Waals surface area (Å²) in [5, 5.41) is 2.45. The maximum absolute atomic E-state index is 4.93. The molecule has 4 heterocycles. The number of rotatable bonds is 4. The summed E-state index contributed by atoms with van der Waals surface area (Å²) in [4.78, 5) is 19.6. The minimum Gasteiger partial charge on any atom is -0.291 e. The summed E-state index contributed by atoms with van der Waals surface area (Å²) in [5.41, 5.74) is 6.55. The van der Waals surface area contributed by atoms with Crippen molar-refractivity contribution in [1.29, 1.82) is 0 Å². The Morgan fingerprint density at radius 3 is 2.00 bits per heavy atom. The van der Waals surface area contributed by atoms with E-state index in [1.807, 2.05) is 78.3 Å². The first kappa shape index (κ1) is 22.8. The molecule has 0 aliphatic carbocycles. The van der Waals surface area contributed by atoms with E-state index in [1.165, 1.54) is 25.7 Å². The molecule has 0 saturated carbocycles. The molecule has 8 rings (SSSR count). The lowest BCUT2D eigenvalue weighted by atomic mass is 10.1. The van der Waals surface area contributed by atoms with Crippen molar-refractivity contribution in [2.24, 2.45) is 0 Å². The van der Waals surface area contributed by atoms with Crippen LogP contribution in [-0.2, 0) is 0 Å². The van der Waals surface area contributed by atoms with E-state index in [1.54, 1.807) is 0 Å². The van der Waals surface area contributed by atoms with E-state index in [-0.39, 0.29) is 0 Å². The number of thiophene rings is 1. The second-order valence-electron chi connectivity index (χ2n) is 9.58. The second kappa shape index (κ2) is 9.22. The van der Waals surface area contributed by atoms with Crippen molar-refractivity contribution >= 4 is 42.5 Å².